The summed E-state index contributed by atoms with van der Waals surface area (Å²) in [7, 11) is 0. The van der Waals surface area contributed by atoms with Crippen LogP contribution in [0.3, 0.4) is 0 Å². The number of carbonyl (C=O) groups is 3. The molecule has 2 aromatic carbocycles. The zero-order chi connectivity index (χ0) is 27.4. The second-order valence-corrected chi connectivity index (χ2v) is 10.7. The molecule has 8 nitrogen and oxygen atoms in total. The SMILES string of the molecule is CC(C)C(NC(=O)Cc1cccc2ccccc12)C(=O)OCC(=O)N1N=C(c2cccs2)CC1c1ccco1. The van der Waals surface area contributed by atoms with Crippen molar-refractivity contribution in [2.24, 2.45) is 11.0 Å². The van der Waals surface area contributed by atoms with E-state index in [0.717, 1.165) is 26.9 Å². The van der Waals surface area contributed by atoms with E-state index in [9.17, 15) is 14.4 Å². The molecule has 9 heteroatoms. The highest BCUT2D eigenvalue weighted by molar-refractivity contribution is 7.12. The fourth-order valence-electron chi connectivity index (χ4n) is 4.67. The molecule has 1 N–H and O–H groups in total. The Bertz CT molecular complexity index is 1490. The maximum atomic E-state index is 13.2. The number of hydrogen-bond acceptors (Lipinski definition) is 7. The van der Waals surface area contributed by atoms with Crippen molar-refractivity contribution in [1.29, 1.82) is 0 Å². The van der Waals surface area contributed by atoms with Gasteiger partial charge in [0.25, 0.3) is 5.91 Å². The number of carbonyl (C=O) groups excluding carboxylic acids is 3. The van der Waals surface area contributed by atoms with Crippen LogP contribution in [0.2, 0.25) is 0 Å². The normalized spacial score (nSPS) is 15.8. The fourth-order valence-corrected chi connectivity index (χ4v) is 5.39. The first-order chi connectivity index (χ1) is 18.9. The third-order valence-electron chi connectivity index (χ3n) is 6.65. The van der Waals surface area contributed by atoms with Gasteiger partial charge in [-0.1, -0.05) is 62.4 Å². The lowest BCUT2D eigenvalue weighted by atomic mass is 10.0. The average Bonchev–Trinajstić information content (AvgIpc) is 3.72. The molecule has 200 valence electrons. The highest BCUT2D eigenvalue weighted by Gasteiger charge is 2.36. The molecule has 1 aliphatic heterocycles. The summed E-state index contributed by atoms with van der Waals surface area (Å²) in [6.45, 7) is 3.13. The van der Waals surface area contributed by atoms with Crippen LogP contribution in [0.25, 0.3) is 10.8 Å². The maximum Gasteiger partial charge on any atom is 0.329 e. The molecule has 39 heavy (non-hydrogen) atoms. The molecule has 0 spiro atoms. The van der Waals surface area contributed by atoms with E-state index in [4.69, 9.17) is 9.15 Å². The highest BCUT2D eigenvalue weighted by Crippen LogP contribution is 2.34. The van der Waals surface area contributed by atoms with E-state index in [1.165, 1.54) is 5.01 Å². The van der Waals surface area contributed by atoms with Gasteiger partial charge in [-0.05, 0) is 45.8 Å². The van der Waals surface area contributed by atoms with Crippen LogP contribution in [0.5, 0.6) is 0 Å². The Morgan fingerprint density at radius 1 is 1.08 bits per heavy atom. The summed E-state index contributed by atoms with van der Waals surface area (Å²) >= 11 is 1.54. The predicted octanol–water partition coefficient (Wildman–Crippen LogP) is 5.10. The van der Waals surface area contributed by atoms with Gasteiger partial charge in [-0.25, -0.2) is 9.80 Å². The number of esters is 1. The lowest BCUT2D eigenvalue weighted by molar-refractivity contribution is -0.156. The molecular formula is C30H29N3O5S. The van der Waals surface area contributed by atoms with Crippen LogP contribution in [0, 0.1) is 5.92 Å². The Labute approximate surface area is 230 Å². The smallest absolute Gasteiger partial charge is 0.329 e. The van der Waals surface area contributed by atoms with Crippen molar-refractivity contribution in [2.75, 3.05) is 6.61 Å². The van der Waals surface area contributed by atoms with E-state index >= 15 is 0 Å². The van der Waals surface area contributed by atoms with E-state index < -0.39 is 30.6 Å². The third-order valence-corrected chi connectivity index (χ3v) is 7.57. The molecule has 5 rings (SSSR count). The van der Waals surface area contributed by atoms with Gasteiger partial charge in [0.05, 0.1) is 23.3 Å². The number of amides is 2. The first-order valence-corrected chi connectivity index (χ1v) is 13.7. The van der Waals surface area contributed by atoms with Gasteiger partial charge in [-0.15, -0.1) is 11.3 Å². The van der Waals surface area contributed by atoms with Crippen LogP contribution in [0.1, 0.15) is 42.5 Å². The molecule has 4 aromatic rings. The molecule has 2 aromatic heterocycles. The third kappa shape index (κ3) is 5.93. The van der Waals surface area contributed by atoms with Gasteiger partial charge >= 0.3 is 5.97 Å². The highest BCUT2D eigenvalue weighted by atomic mass is 32.1. The standard InChI is InChI=1S/C30H29N3O5S/c1-19(2)29(31-27(34)16-21-10-5-9-20-8-3-4-11-22(20)21)30(36)38-18-28(35)33-24(25-12-6-14-37-25)17-23(32-33)26-13-7-15-39-26/h3-15,19,24,29H,16-18H2,1-2H3,(H,31,34). The van der Waals surface area contributed by atoms with E-state index in [1.807, 2.05) is 73.8 Å². The van der Waals surface area contributed by atoms with E-state index in [-0.39, 0.29) is 18.2 Å². The van der Waals surface area contributed by atoms with Crippen molar-refractivity contribution in [1.82, 2.24) is 10.3 Å². The fraction of sp³-hybridized carbons (Fsp3) is 0.267. The zero-order valence-corrected chi connectivity index (χ0v) is 22.5. The Balaban J connectivity index is 1.23. The summed E-state index contributed by atoms with van der Waals surface area (Å²) in [6.07, 6.45) is 2.16. The van der Waals surface area contributed by atoms with Crippen molar-refractivity contribution in [2.45, 2.75) is 38.8 Å². The lowest BCUT2D eigenvalue weighted by Crippen LogP contribution is -2.46. The molecule has 0 saturated carbocycles. The summed E-state index contributed by atoms with van der Waals surface area (Å²) < 4.78 is 11.0. The average molecular weight is 544 g/mol. The van der Waals surface area contributed by atoms with Gasteiger partial charge in [0, 0.05) is 6.42 Å². The van der Waals surface area contributed by atoms with Gasteiger partial charge in [-0.3, -0.25) is 9.59 Å². The minimum atomic E-state index is -0.898. The number of fused-ring (bicyclic) bond motifs is 1. The van der Waals surface area contributed by atoms with Crippen LogP contribution >= 0.6 is 11.3 Å². The zero-order valence-electron chi connectivity index (χ0n) is 21.7. The molecule has 2 atom stereocenters. The maximum absolute atomic E-state index is 13.2. The molecule has 2 amide bonds. The number of benzene rings is 2. The van der Waals surface area contributed by atoms with Crippen LogP contribution < -0.4 is 5.32 Å². The number of nitrogens with one attached hydrogen (secondary N) is 1. The second kappa shape index (κ2) is 11.7. The van der Waals surface area contributed by atoms with Crippen LogP contribution in [-0.2, 0) is 25.5 Å². The number of furan rings is 1. The summed E-state index contributed by atoms with van der Waals surface area (Å²) in [5.41, 5.74) is 1.64. The summed E-state index contributed by atoms with van der Waals surface area (Å²) in [5.74, 6) is -1.07. The number of hydrazone groups is 1. The van der Waals surface area contributed by atoms with Crippen LogP contribution in [-0.4, -0.2) is 41.2 Å². The Morgan fingerprint density at radius 2 is 1.90 bits per heavy atom. The number of ether oxygens (including phenoxy) is 1. The molecule has 0 radical (unpaired) electrons. The van der Waals surface area contributed by atoms with Crippen molar-refractivity contribution >= 4 is 45.6 Å². The second-order valence-electron chi connectivity index (χ2n) is 9.71. The Morgan fingerprint density at radius 3 is 2.64 bits per heavy atom. The van der Waals surface area contributed by atoms with E-state index in [1.54, 1.807) is 29.7 Å². The predicted molar refractivity (Wildman–Crippen MR) is 149 cm³/mol. The number of nitrogens with zero attached hydrogens (tertiary/aromatic N) is 2. The number of rotatable bonds is 9. The Hall–Kier alpha value is -4.24. The summed E-state index contributed by atoms with van der Waals surface area (Å²) in [5, 5.41) is 12.6. The summed E-state index contributed by atoms with van der Waals surface area (Å²) in [6, 6.07) is 19.8. The largest absolute Gasteiger partial charge is 0.467 e. The molecule has 1 aliphatic rings. The molecular weight excluding hydrogens is 514 g/mol. The molecule has 0 fully saturated rings. The van der Waals surface area contributed by atoms with Crippen molar-refractivity contribution in [3.63, 3.8) is 0 Å². The van der Waals surface area contributed by atoms with E-state index in [0.29, 0.717) is 12.2 Å². The first kappa shape index (κ1) is 26.4. The van der Waals surface area contributed by atoms with Crippen molar-refractivity contribution in [3.05, 3.63) is 94.6 Å². The molecule has 3 heterocycles. The van der Waals surface area contributed by atoms with Crippen molar-refractivity contribution in [3.8, 4) is 0 Å². The molecule has 2 unspecified atom stereocenters. The molecule has 0 saturated heterocycles. The van der Waals surface area contributed by atoms with Gasteiger partial charge in [-0.2, -0.15) is 5.10 Å². The first-order valence-electron chi connectivity index (χ1n) is 12.8. The van der Waals surface area contributed by atoms with Gasteiger partial charge in [0.2, 0.25) is 5.91 Å². The van der Waals surface area contributed by atoms with Gasteiger partial charge < -0.3 is 14.5 Å². The number of thiophene rings is 1. The summed E-state index contributed by atoms with van der Waals surface area (Å²) in [4.78, 5) is 40.1. The van der Waals surface area contributed by atoms with E-state index in [2.05, 4.69) is 10.4 Å². The van der Waals surface area contributed by atoms with Crippen LogP contribution in [0.15, 0.2) is 87.9 Å². The van der Waals surface area contributed by atoms with Crippen LogP contribution in [0.4, 0.5) is 0 Å². The lowest BCUT2D eigenvalue weighted by Gasteiger charge is -2.23. The quantitative estimate of drug-likeness (QED) is 0.296. The van der Waals surface area contributed by atoms with Gasteiger partial charge in [0.15, 0.2) is 6.61 Å². The Kier molecular flexibility index (Phi) is 7.88. The minimum absolute atomic E-state index is 0.121. The van der Waals surface area contributed by atoms with Crippen molar-refractivity contribution < 1.29 is 23.5 Å². The minimum Gasteiger partial charge on any atom is -0.467 e. The molecule has 0 aliphatic carbocycles. The topological polar surface area (TPSA) is 101 Å². The monoisotopic (exact) mass is 543 g/mol. The number of hydrogen-bond donors (Lipinski definition) is 1. The van der Waals surface area contributed by atoms with Gasteiger partial charge in [0.1, 0.15) is 17.8 Å². The molecule has 0 bridgehead atoms.